The van der Waals surface area contributed by atoms with Crippen molar-refractivity contribution in [3.05, 3.63) is 34.6 Å². The normalized spacial score (nSPS) is 25.6. The molecule has 0 radical (unpaired) electrons. The van der Waals surface area contributed by atoms with Crippen LogP contribution in [0.5, 0.6) is 0 Å². The minimum absolute atomic E-state index is 0.0215. The molecule has 2 aliphatic heterocycles. The van der Waals surface area contributed by atoms with Crippen molar-refractivity contribution in [2.24, 2.45) is 0 Å². The highest BCUT2D eigenvalue weighted by Gasteiger charge is 2.52. The fourth-order valence-corrected chi connectivity index (χ4v) is 2.82. The number of amides is 3. The van der Waals surface area contributed by atoms with E-state index in [1.165, 1.54) is 18.2 Å². The number of rotatable bonds is 2. The predicted molar refractivity (Wildman–Crippen MR) is 70.7 cm³/mol. The van der Waals surface area contributed by atoms with Crippen LogP contribution in [0.15, 0.2) is 18.2 Å². The SMILES string of the molecule is O=C1NC2(CCNC2)C(=O)N1Cc1ccc(F)c(Cl)c1. The molecule has 1 spiro atoms. The molecule has 7 heteroatoms. The van der Waals surface area contributed by atoms with E-state index in [-0.39, 0.29) is 17.5 Å². The van der Waals surface area contributed by atoms with Gasteiger partial charge in [0.15, 0.2) is 0 Å². The summed E-state index contributed by atoms with van der Waals surface area (Å²) in [6.07, 6.45) is 0.582. The third kappa shape index (κ3) is 2.05. The van der Waals surface area contributed by atoms with E-state index in [1.54, 1.807) is 0 Å². The van der Waals surface area contributed by atoms with Crippen molar-refractivity contribution in [1.29, 1.82) is 0 Å². The average Bonchev–Trinajstić information content (AvgIpc) is 2.96. The van der Waals surface area contributed by atoms with Crippen molar-refractivity contribution in [2.75, 3.05) is 13.1 Å². The molecule has 1 aromatic rings. The van der Waals surface area contributed by atoms with E-state index in [4.69, 9.17) is 11.6 Å². The molecule has 3 amide bonds. The van der Waals surface area contributed by atoms with Gasteiger partial charge in [0.25, 0.3) is 5.91 Å². The van der Waals surface area contributed by atoms with Crippen LogP contribution in [0.3, 0.4) is 0 Å². The molecule has 2 N–H and O–H groups in total. The Balaban J connectivity index is 1.82. The van der Waals surface area contributed by atoms with Gasteiger partial charge in [-0.3, -0.25) is 9.69 Å². The highest BCUT2D eigenvalue weighted by atomic mass is 35.5. The lowest BCUT2D eigenvalue weighted by Gasteiger charge is -2.19. The molecule has 2 heterocycles. The van der Waals surface area contributed by atoms with Crippen molar-refractivity contribution in [2.45, 2.75) is 18.5 Å². The first-order valence-electron chi connectivity index (χ1n) is 6.31. The number of carbonyl (C=O) groups is 2. The van der Waals surface area contributed by atoms with Crippen LogP contribution in [0.25, 0.3) is 0 Å². The Bertz CT molecular complexity index is 587. The molecule has 0 bridgehead atoms. The molecule has 1 unspecified atom stereocenters. The van der Waals surface area contributed by atoms with E-state index in [1.807, 2.05) is 0 Å². The maximum Gasteiger partial charge on any atom is 0.325 e. The van der Waals surface area contributed by atoms with E-state index in [0.29, 0.717) is 25.1 Å². The molecule has 0 saturated carbocycles. The zero-order valence-corrected chi connectivity index (χ0v) is 11.3. The number of urea groups is 1. The molecule has 1 atom stereocenters. The highest BCUT2D eigenvalue weighted by Crippen LogP contribution is 2.26. The molecule has 1 aromatic carbocycles. The number of carbonyl (C=O) groups excluding carboxylic acids is 2. The first-order valence-corrected chi connectivity index (χ1v) is 6.68. The molecule has 20 heavy (non-hydrogen) atoms. The summed E-state index contributed by atoms with van der Waals surface area (Å²) in [5, 5.41) is 5.80. The molecule has 2 fully saturated rings. The summed E-state index contributed by atoms with van der Waals surface area (Å²) in [6, 6.07) is 3.75. The van der Waals surface area contributed by atoms with Crippen molar-refractivity contribution < 1.29 is 14.0 Å². The maximum absolute atomic E-state index is 13.1. The lowest BCUT2D eigenvalue weighted by molar-refractivity contribution is -0.131. The number of nitrogens with one attached hydrogen (secondary N) is 2. The quantitative estimate of drug-likeness (QED) is 0.808. The minimum atomic E-state index is -0.819. The topological polar surface area (TPSA) is 61.4 Å². The van der Waals surface area contributed by atoms with Crippen LogP contribution in [-0.2, 0) is 11.3 Å². The van der Waals surface area contributed by atoms with Crippen LogP contribution >= 0.6 is 11.6 Å². The van der Waals surface area contributed by atoms with Crippen LogP contribution in [0.4, 0.5) is 9.18 Å². The number of hydrogen-bond donors (Lipinski definition) is 2. The monoisotopic (exact) mass is 297 g/mol. The molecule has 3 rings (SSSR count). The number of hydrogen-bond acceptors (Lipinski definition) is 3. The maximum atomic E-state index is 13.1. The number of imide groups is 1. The molecule has 106 valence electrons. The summed E-state index contributed by atoms with van der Waals surface area (Å²) >= 11 is 5.70. The highest BCUT2D eigenvalue weighted by molar-refractivity contribution is 6.30. The fourth-order valence-electron chi connectivity index (χ4n) is 2.62. The summed E-state index contributed by atoms with van der Waals surface area (Å²) in [5.41, 5.74) is -0.205. The van der Waals surface area contributed by atoms with Gasteiger partial charge in [-0.05, 0) is 30.7 Å². The number of benzene rings is 1. The Morgan fingerprint density at radius 3 is 2.85 bits per heavy atom. The second-order valence-electron chi connectivity index (χ2n) is 5.08. The molecule has 0 aromatic heterocycles. The van der Waals surface area contributed by atoms with Gasteiger partial charge in [0.2, 0.25) is 0 Å². The smallest absolute Gasteiger partial charge is 0.322 e. The summed E-state index contributed by atoms with van der Waals surface area (Å²) < 4.78 is 13.1. The van der Waals surface area contributed by atoms with Crippen molar-refractivity contribution >= 4 is 23.5 Å². The van der Waals surface area contributed by atoms with Crippen LogP contribution in [0.1, 0.15) is 12.0 Å². The van der Waals surface area contributed by atoms with E-state index in [0.717, 1.165) is 4.90 Å². The Labute approximate surface area is 120 Å². The Morgan fingerprint density at radius 1 is 1.40 bits per heavy atom. The first-order chi connectivity index (χ1) is 9.52. The summed E-state index contributed by atoms with van der Waals surface area (Å²) in [5.74, 6) is -0.767. The molecule has 0 aliphatic carbocycles. The van der Waals surface area contributed by atoms with Gasteiger partial charge < -0.3 is 10.6 Å². The van der Waals surface area contributed by atoms with E-state index in [9.17, 15) is 14.0 Å². The Kier molecular flexibility index (Phi) is 3.14. The lowest BCUT2D eigenvalue weighted by Crippen LogP contribution is -2.48. The zero-order valence-electron chi connectivity index (χ0n) is 10.6. The van der Waals surface area contributed by atoms with Gasteiger partial charge in [-0.2, -0.15) is 0 Å². The zero-order chi connectivity index (χ0) is 14.3. The number of nitrogens with zero attached hydrogens (tertiary/aromatic N) is 1. The molecule has 5 nitrogen and oxygen atoms in total. The van der Waals surface area contributed by atoms with Gasteiger partial charge in [0.1, 0.15) is 11.4 Å². The van der Waals surface area contributed by atoms with Crippen LogP contribution < -0.4 is 10.6 Å². The molecule has 2 saturated heterocycles. The molecular weight excluding hydrogens is 285 g/mol. The van der Waals surface area contributed by atoms with Gasteiger partial charge >= 0.3 is 6.03 Å². The summed E-state index contributed by atoms with van der Waals surface area (Å²) in [7, 11) is 0. The van der Waals surface area contributed by atoms with E-state index < -0.39 is 17.4 Å². The van der Waals surface area contributed by atoms with Crippen LogP contribution in [0, 0.1) is 5.82 Å². The Hall–Kier alpha value is -1.66. The van der Waals surface area contributed by atoms with Gasteiger partial charge in [0, 0.05) is 6.54 Å². The van der Waals surface area contributed by atoms with Crippen LogP contribution in [0.2, 0.25) is 5.02 Å². The average molecular weight is 298 g/mol. The van der Waals surface area contributed by atoms with Gasteiger partial charge in [-0.25, -0.2) is 9.18 Å². The first kappa shape index (κ1) is 13.3. The fraction of sp³-hybridized carbons (Fsp3) is 0.385. The van der Waals surface area contributed by atoms with Gasteiger partial charge in [-0.1, -0.05) is 17.7 Å². The lowest BCUT2D eigenvalue weighted by atomic mass is 9.99. The third-order valence-electron chi connectivity index (χ3n) is 3.73. The van der Waals surface area contributed by atoms with Gasteiger partial charge in [0.05, 0.1) is 11.6 Å². The van der Waals surface area contributed by atoms with Crippen LogP contribution in [-0.4, -0.2) is 35.5 Å². The standard InChI is InChI=1S/C13H13ClFN3O2/c14-9-5-8(1-2-10(9)15)6-18-11(19)13(17-12(18)20)3-4-16-7-13/h1-2,5,16H,3-4,6-7H2,(H,17,20). The Morgan fingerprint density at radius 2 is 2.20 bits per heavy atom. The second kappa shape index (κ2) is 4.71. The minimum Gasteiger partial charge on any atom is -0.322 e. The van der Waals surface area contributed by atoms with E-state index >= 15 is 0 Å². The summed E-state index contributed by atoms with van der Waals surface area (Å²) in [6.45, 7) is 1.23. The molecular formula is C13H13ClFN3O2. The third-order valence-corrected chi connectivity index (χ3v) is 4.02. The van der Waals surface area contributed by atoms with Crippen molar-refractivity contribution in [3.63, 3.8) is 0 Å². The van der Waals surface area contributed by atoms with Crippen molar-refractivity contribution in [1.82, 2.24) is 15.5 Å². The predicted octanol–water partition coefficient (Wildman–Crippen LogP) is 1.26. The summed E-state index contributed by atoms with van der Waals surface area (Å²) in [4.78, 5) is 25.5. The van der Waals surface area contributed by atoms with Crippen molar-refractivity contribution in [3.8, 4) is 0 Å². The largest absolute Gasteiger partial charge is 0.325 e. The van der Waals surface area contributed by atoms with E-state index in [2.05, 4.69) is 10.6 Å². The number of halogens is 2. The van der Waals surface area contributed by atoms with Gasteiger partial charge in [-0.15, -0.1) is 0 Å². The molecule has 2 aliphatic rings. The second-order valence-corrected chi connectivity index (χ2v) is 5.49.